The second kappa shape index (κ2) is 13.1. The molecule has 0 bridgehead atoms. The van der Waals surface area contributed by atoms with E-state index >= 15 is 0 Å². The zero-order valence-electron chi connectivity index (χ0n) is 17.8. The van der Waals surface area contributed by atoms with Crippen molar-refractivity contribution in [1.29, 1.82) is 0 Å². The second-order valence-corrected chi connectivity index (χ2v) is 8.10. The zero-order chi connectivity index (χ0) is 21.8. The average molecular weight is 448 g/mol. The Balaban J connectivity index is 2.02. The molecular weight excluding hydrogens is 418 g/mol. The fourth-order valence-corrected chi connectivity index (χ4v) is 3.86. The first-order valence-corrected chi connectivity index (χ1v) is 11.3. The molecule has 0 aromatic heterocycles. The van der Waals surface area contributed by atoms with Gasteiger partial charge < -0.3 is 19.1 Å². The Hall–Kier alpha value is -2.25. The van der Waals surface area contributed by atoms with E-state index in [9.17, 15) is 4.79 Å². The van der Waals surface area contributed by atoms with Crippen molar-refractivity contribution >= 4 is 34.3 Å². The quantitative estimate of drug-likeness (QED) is 0.477. The Labute approximate surface area is 188 Å². The summed E-state index contributed by atoms with van der Waals surface area (Å²) in [6.45, 7) is 3.65. The molecule has 162 valence electrons. The van der Waals surface area contributed by atoms with E-state index in [2.05, 4.69) is 12.1 Å². The van der Waals surface area contributed by atoms with E-state index in [0.29, 0.717) is 35.6 Å². The van der Waals surface area contributed by atoms with Gasteiger partial charge in [0.1, 0.15) is 0 Å². The Morgan fingerprint density at radius 1 is 0.967 bits per heavy atom. The smallest absolute Gasteiger partial charge is 0.233 e. The molecule has 0 saturated heterocycles. The van der Waals surface area contributed by atoms with Gasteiger partial charge in [-0.25, -0.2) is 0 Å². The molecular formula is C23H29NO4S2. The van der Waals surface area contributed by atoms with Crippen molar-refractivity contribution < 1.29 is 19.0 Å². The van der Waals surface area contributed by atoms with E-state index in [-0.39, 0.29) is 11.7 Å². The minimum Gasteiger partial charge on any atom is -0.493 e. The molecule has 30 heavy (non-hydrogen) atoms. The van der Waals surface area contributed by atoms with Gasteiger partial charge in [-0.05, 0) is 55.2 Å². The van der Waals surface area contributed by atoms with Crippen molar-refractivity contribution in [1.82, 2.24) is 4.90 Å². The third-order valence-corrected chi connectivity index (χ3v) is 5.78. The molecule has 0 N–H and O–H groups in total. The van der Waals surface area contributed by atoms with Crippen molar-refractivity contribution in [2.45, 2.75) is 19.8 Å². The van der Waals surface area contributed by atoms with Gasteiger partial charge in [0.25, 0.3) is 0 Å². The second-order valence-electron chi connectivity index (χ2n) is 6.53. The number of benzene rings is 2. The lowest BCUT2D eigenvalue weighted by Gasteiger charge is -2.23. The third kappa shape index (κ3) is 7.88. The summed E-state index contributed by atoms with van der Waals surface area (Å²) in [4.78, 5) is 14.8. The highest BCUT2D eigenvalue weighted by atomic mass is 32.2. The molecule has 2 aromatic carbocycles. The topological polar surface area (TPSA) is 48.0 Å². The highest BCUT2D eigenvalue weighted by Gasteiger charge is 2.16. The standard InChI is InChI=1S/C23H29NO4S2/c1-4-28-23(29)30-17-22(25)24(14-12-18-8-6-5-7-9-18)15-13-19-10-11-20(26-2)21(16-19)27-3/h5-11,16H,4,12-15,17H2,1-3H3. The van der Waals surface area contributed by atoms with Crippen LogP contribution in [0.1, 0.15) is 18.1 Å². The van der Waals surface area contributed by atoms with E-state index in [0.717, 1.165) is 18.4 Å². The van der Waals surface area contributed by atoms with Gasteiger partial charge in [-0.3, -0.25) is 4.79 Å². The number of rotatable bonds is 11. The zero-order valence-corrected chi connectivity index (χ0v) is 19.4. The van der Waals surface area contributed by atoms with Gasteiger partial charge in [-0.1, -0.05) is 48.2 Å². The highest BCUT2D eigenvalue weighted by Crippen LogP contribution is 2.27. The number of nitrogens with zero attached hydrogens (tertiary/aromatic N) is 1. The monoisotopic (exact) mass is 447 g/mol. The Bertz CT molecular complexity index is 814. The van der Waals surface area contributed by atoms with Crippen LogP contribution in [0.25, 0.3) is 0 Å². The summed E-state index contributed by atoms with van der Waals surface area (Å²) in [5.41, 5.74) is 2.29. The number of carbonyl (C=O) groups is 1. The maximum atomic E-state index is 12.9. The number of hydrogen-bond acceptors (Lipinski definition) is 6. The lowest BCUT2D eigenvalue weighted by molar-refractivity contribution is -0.128. The van der Waals surface area contributed by atoms with E-state index in [4.69, 9.17) is 26.4 Å². The molecule has 7 heteroatoms. The lowest BCUT2D eigenvalue weighted by atomic mass is 10.1. The number of methoxy groups -OCH3 is 2. The number of ether oxygens (including phenoxy) is 3. The molecule has 1 amide bonds. The van der Waals surface area contributed by atoms with Crippen LogP contribution < -0.4 is 9.47 Å². The third-order valence-electron chi connectivity index (χ3n) is 4.56. The predicted octanol–water partition coefficient (Wildman–Crippen LogP) is 4.37. The van der Waals surface area contributed by atoms with Crippen LogP contribution in [0.3, 0.4) is 0 Å². The molecule has 0 fully saturated rings. The first-order chi connectivity index (χ1) is 14.6. The van der Waals surface area contributed by atoms with E-state index in [1.54, 1.807) is 14.2 Å². The largest absolute Gasteiger partial charge is 0.493 e. The van der Waals surface area contributed by atoms with Crippen LogP contribution in [0, 0.1) is 0 Å². The number of amides is 1. The summed E-state index contributed by atoms with van der Waals surface area (Å²) in [6.07, 6.45) is 1.53. The maximum Gasteiger partial charge on any atom is 0.233 e. The molecule has 5 nitrogen and oxygen atoms in total. The van der Waals surface area contributed by atoms with E-state index in [1.165, 1.54) is 17.3 Å². The van der Waals surface area contributed by atoms with Crippen LogP contribution in [0.2, 0.25) is 0 Å². The van der Waals surface area contributed by atoms with Crippen LogP contribution in [0.5, 0.6) is 11.5 Å². The molecule has 0 unspecified atom stereocenters. The fraction of sp³-hybridized carbons (Fsp3) is 0.391. The van der Waals surface area contributed by atoms with Crippen molar-refractivity contribution in [3.05, 3.63) is 59.7 Å². The van der Waals surface area contributed by atoms with Crippen molar-refractivity contribution in [3.8, 4) is 11.5 Å². The summed E-state index contributed by atoms with van der Waals surface area (Å²) < 4.78 is 16.4. The molecule has 0 aliphatic heterocycles. The summed E-state index contributed by atoms with van der Waals surface area (Å²) >= 11 is 6.41. The molecule has 2 rings (SSSR count). The van der Waals surface area contributed by atoms with Crippen LogP contribution in [-0.4, -0.2) is 54.9 Å². The molecule has 0 radical (unpaired) electrons. The summed E-state index contributed by atoms with van der Waals surface area (Å²) in [6, 6.07) is 16.0. The number of thiocarbonyl (C=S) groups is 1. The van der Waals surface area contributed by atoms with Crippen LogP contribution in [-0.2, 0) is 22.4 Å². The van der Waals surface area contributed by atoms with Crippen LogP contribution in [0.15, 0.2) is 48.5 Å². The number of thioether (sulfide) groups is 1. The molecule has 0 aliphatic carbocycles. The van der Waals surface area contributed by atoms with Crippen LogP contribution in [0.4, 0.5) is 0 Å². The molecule has 0 spiro atoms. The van der Waals surface area contributed by atoms with E-state index < -0.39 is 0 Å². The SMILES string of the molecule is CCOC(=S)SCC(=O)N(CCc1ccccc1)CCc1ccc(OC)c(OC)c1. The molecule has 0 aliphatic rings. The van der Waals surface area contributed by atoms with Gasteiger partial charge in [0.05, 0.1) is 26.6 Å². The van der Waals surface area contributed by atoms with Crippen molar-refractivity contribution in [3.63, 3.8) is 0 Å². The Morgan fingerprint density at radius 2 is 1.63 bits per heavy atom. The Kier molecular flexibility index (Phi) is 10.5. The van der Waals surface area contributed by atoms with E-state index in [1.807, 2.05) is 48.2 Å². The van der Waals surface area contributed by atoms with Gasteiger partial charge >= 0.3 is 0 Å². The van der Waals surface area contributed by atoms with Crippen LogP contribution >= 0.6 is 24.0 Å². The van der Waals surface area contributed by atoms with Gasteiger partial charge in [0, 0.05) is 13.1 Å². The van der Waals surface area contributed by atoms with Gasteiger partial charge in [0.15, 0.2) is 11.5 Å². The highest BCUT2D eigenvalue weighted by molar-refractivity contribution is 8.23. The number of hydrogen-bond donors (Lipinski definition) is 0. The van der Waals surface area contributed by atoms with Gasteiger partial charge in [0.2, 0.25) is 10.3 Å². The minimum atomic E-state index is 0.0541. The average Bonchev–Trinajstić information content (AvgIpc) is 2.78. The molecule has 2 aromatic rings. The maximum absolute atomic E-state index is 12.9. The van der Waals surface area contributed by atoms with Gasteiger partial charge in [-0.15, -0.1) is 0 Å². The predicted molar refractivity (Wildman–Crippen MR) is 127 cm³/mol. The normalized spacial score (nSPS) is 10.4. The summed E-state index contributed by atoms with van der Waals surface area (Å²) in [5.74, 6) is 1.71. The summed E-state index contributed by atoms with van der Waals surface area (Å²) in [7, 11) is 3.24. The lowest BCUT2D eigenvalue weighted by Crippen LogP contribution is -2.36. The first-order valence-electron chi connectivity index (χ1n) is 9.89. The summed E-state index contributed by atoms with van der Waals surface area (Å²) in [5, 5.41) is 0. The fourth-order valence-electron chi connectivity index (χ4n) is 2.94. The Morgan fingerprint density at radius 3 is 2.27 bits per heavy atom. The van der Waals surface area contributed by atoms with Crippen molar-refractivity contribution in [2.75, 3.05) is 39.7 Å². The molecule has 0 saturated carbocycles. The minimum absolute atomic E-state index is 0.0541. The molecule has 0 heterocycles. The van der Waals surface area contributed by atoms with Gasteiger partial charge in [-0.2, -0.15) is 0 Å². The number of carbonyl (C=O) groups excluding carboxylic acids is 1. The first kappa shape index (κ1) is 24.0. The molecule has 0 atom stereocenters. The van der Waals surface area contributed by atoms with Crippen molar-refractivity contribution in [2.24, 2.45) is 0 Å².